The van der Waals surface area contributed by atoms with Gasteiger partial charge < -0.3 is 10.6 Å². The van der Waals surface area contributed by atoms with Crippen molar-refractivity contribution in [1.82, 2.24) is 10.2 Å². The van der Waals surface area contributed by atoms with Gasteiger partial charge in [0.1, 0.15) is 0 Å². The Bertz CT molecular complexity index is 663. The minimum absolute atomic E-state index is 0.000428. The molecule has 1 amide bonds. The summed E-state index contributed by atoms with van der Waals surface area (Å²) in [6.07, 6.45) is 1.64. The third kappa shape index (κ3) is 4.28. The van der Waals surface area contributed by atoms with E-state index in [1.165, 1.54) is 11.1 Å². The molecule has 0 saturated heterocycles. The second kappa shape index (κ2) is 7.72. The third-order valence-corrected chi connectivity index (χ3v) is 4.14. The van der Waals surface area contributed by atoms with Crippen molar-refractivity contribution in [2.75, 3.05) is 10.6 Å². The Hall–Kier alpha value is -2.43. The lowest BCUT2D eigenvalue weighted by molar-refractivity contribution is -0.120. The maximum absolute atomic E-state index is 12.0. The van der Waals surface area contributed by atoms with Gasteiger partial charge in [0.25, 0.3) is 0 Å². The number of aryl methyl sites for hydroxylation is 1. The fourth-order valence-corrected chi connectivity index (χ4v) is 2.38. The van der Waals surface area contributed by atoms with Gasteiger partial charge in [0.05, 0.1) is 0 Å². The quantitative estimate of drug-likeness (QED) is 0.838. The van der Waals surface area contributed by atoms with Gasteiger partial charge in [0, 0.05) is 11.6 Å². The van der Waals surface area contributed by atoms with Crippen molar-refractivity contribution in [3.8, 4) is 0 Å². The summed E-state index contributed by atoms with van der Waals surface area (Å²) in [6, 6.07) is 9.66. The van der Waals surface area contributed by atoms with Crippen LogP contribution in [0.5, 0.6) is 0 Å². The lowest BCUT2D eigenvalue weighted by Crippen LogP contribution is -2.22. The molecule has 0 radical (unpaired) electrons. The van der Waals surface area contributed by atoms with Crippen LogP contribution in [-0.2, 0) is 4.79 Å². The molecule has 122 valence electrons. The molecule has 5 nitrogen and oxygen atoms in total. The molecule has 2 aromatic rings. The van der Waals surface area contributed by atoms with Crippen LogP contribution in [-0.4, -0.2) is 16.1 Å². The number of carbonyl (C=O) groups excluding carboxylic acids is 1. The highest BCUT2D eigenvalue weighted by Gasteiger charge is 2.14. The molecular weight excluding hydrogens is 288 g/mol. The molecule has 5 heteroatoms. The summed E-state index contributed by atoms with van der Waals surface area (Å²) in [5.74, 6) is 1.15. The Morgan fingerprint density at radius 1 is 1.04 bits per heavy atom. The van der Waals surface area contributed by atoms with Crippen molar-refractivity contribution < 1.29 is 4.79 Å². The SMILES string of the molecule is CCC(CC)C(=O)Nc1ccc(Nc2cccc(C)c2C)nn1. The summed E-state index contributed by atoms with van der Waals surface area (Å²) >= 11 is 0. The number of nitrogens with zero attached hydrogens (tertiary/aromatic N) is 2. The predicted octanol–water partition coefficient (Wildman–Crippen LogP) is 4.21. The lowest BCUT2D eigenvalue weighted by atomic mass is 10.0. The molecule has 0 bridgehead atoms. The first-order chi connectivity index (χ1) is 11.0. The largest absolute Gasteiger partial charge is 0.339 e. The number of aromatic nitrogens is 2. The average molecular weight is 312 g/mol. The number of amides is 1. The first-order valence-electron chi connectivity index (χ1n) is 8.03. The lowest BCUT2D eigenvalue weighted by Gasteiger charge is -2.13. The second-order valence-corrected chi connectivity index (χ2v) is 5.68. The zero-order valence-corrected chi connectivity index (χ0v) is 14.2. The van der Waals surface area contributed by atoms with Gasteiger partial charge in [0.15, 0.2) is 11.6 Å². The summed E-state index contributed by atoms with van der Waals surface area (Å²) < 4.78 is 0. The molecule has 0 atom stereocenters. The fourth-order valence-electron chi connectivity index (χ4n) is 2.38. The van der Waals surface area contributed by atoms with Gasteiger partial charge >= 0.3 is 0 Å². The molecule has 2 N–H and O–H groups in total. The van der Waals surface area contributed by atoms with Crippen LogP contribution in [0.4, 0.5) is 17.3 Å². The number of benzene rings is 1. The Labute approximate surface area is 137 Å². The van der Waals surface area contributed by atoms with Crippen molar-refractivity contribution in [2.24, 2.45) is 5.92 Å². The van der Waals surface area contributed by atoms with E-state index in [1.807, 2.05) is 32.0 Å². The summed E-state index contributed by atoms with van der Waals surface area (Å²) in [5.41, 5.74) is 3.41. The van der Waals surface area contributed by atoms with Crippen LogP contribution in [0.3, 0.4) is 0 Å². The molecule has 0 aliphatic rings. The Kier molecular flexibility index (Phi) is 5.68. The monoisotopic (exact) mass is 312 g/mol. The normalized spacial score (nSPS) is 10.7. The van der Waals surface area contributed by atoms with Crippen LogP contribution in [0.15, 0.2) is 30.3 Å². The highest BCUT2D eigenvalue weighted by Crippen LogP contribution is 2.21. The van der Waals surface area contributed by atoms with E-state index in [2.05, 4.69) is 40.7 Å². The van der Waals surface area contributed by atoms with E-state index in [9.17, 15) is 4.79 Å². The van der Waals surface area contributed by atoms with Crippen LogP contribution in [0.25, 0.3) is 0 Å². The molecule has 0 fully saturated rings. The Balaban J connectivity index is 2.05. The molecule has 0 aliphatic carbocycles. The molecule has 1 aromatic heterocycles. The number of anilines is 3. The van der Waals surface area contributed by atoms with Crippen LogP contribution < -0.4 is 10.6 Å². The third-order valence-electron chi connectivity index (χ3n) is 4.14. The Morgan fingerprint density at radius 2 is 1.70 bits per heavy atom. The average Bonchev–Trinajstić information content (AvgIpc) is 2.55. The van der Waals surface area contributed by atoms with E-state index in [0.29, 0.717) is 11.6 Å². The molecule has 1 heterocycles. The summed E-state index contributed by atoms with van der Waals surface area (Å²) in [4.78, 5) is 12.0. The van der Waals surface area contributed by atoms with Gasteiger partial charge in [0.2, 0.25) is 5.91 Å². The number of hydrogen-bond donors (Lipinski definition) is 2. The summed E-state index contributed by atoms with van der Waals surface area (Å²) in [6.45, 7) is 8.16. The molecule has 23 heavy (non-hydrogen) atoms. The highest BCUT2D eigenvalue weighted by atomic mass is 16.1. The van der Waals surface area contributed by atoms with Crippen LogP contribution in [0, 0.1) is 19.8 Å². The minimum Gasteiger partial charge on any atom is -0.339 e. The first-order valence-corrected chi connectivity index (χ1v) is 8.03. The first kappa shape index (κ1) is 16.9. The summed E-state index contributed by atoms with van der Waals surface area (Å²) in [7, 11) is 0. The minimum atomic E-state index is -0.000428. The maximum atomic E-state index is 12.0. The van der Waals surface area contributed by atoms with E-state index < -0.39 is 0 Å². The zero-order valence-electron chi connectivity index (χ0n) is 14.2. The number of hydrogen-bond acceptors (Lipinski definition) is 4. The topological polar surface area (TPSA) is 66.9 Å². The predicted molar refractivity (Wildman–Crippen MR) is 93.9 cm³/mol. The van der Waals surface area contributed by atoms with E-state index in [1.54, 1.807) is 6.07 Å². The standard InChI is InChI=1S/C18H24N4O/c1-5-14(6-2)18(23)20-17-11-10-16(21-22-17)19-15-9-7-8-12(3)13(15)4/h7-11,14H,5-6H2,1-4H3,(H,19,21)(H,20,22,23). The zero-order chi connectivity index (χ0) is 16.8. The molecule has 0 saturated carbocycles. The van der Waals surface area contributed by atoms with Crippen LogP contribution in [0.2, 0.25) is 0 Å². The van der Waals surface area contributed by atoms with Gasteiger partial charge in [-0.3, -0.25) is 4.79 Å². The fraction of sp³-hybridized carbons (Fsp3) is 0.389. The van der Waals surface area contributed by atoms with Crippen molar-refractivity contribution in [2.45, 2.75) is 40.5 Å². The van der Waals surface area contributed by atoms with E-state index in [-0.39, 0.29) is 11.8 Å². The van der Waals surface area contributed by atoms with Gasteiger partial charge in [-0.25, -0.2) is 0 Å². The van der Waals surface area contributed by atoms with Crippen molar-refractivity contribution in [3.05, 3.63) is 41.5 Å². The molecule has 0 aliphatic heterocycles. The highest BCUT2D eigenvalue weighted by molar-refractivity contribution is 5.91. The van der Waals surface area contributed by atoms with Gasteiger partial charge in [-0.1, -0.05) is 26.0 Å². The van der Waals surface area contributed by atoms with Crippen LogP contribution in [0.1, 0.15) is 37.8 Å². The Morgan fingerprint density at radius 3 is 2.30 bits per heavy atom. The molecular formula is C18H24N4O. The van der Waals surface area contributed by atoms with E-state index in [4.69, 9.17) is 0 Å². The van der Waals surface area contributed by atoms with E-state index in [0.717, 1.165) is 18.5 Å². The summed E-state index contributed by atoms with van der Waals surface area (Å²) in [5, 5.41) is 14.3. The number of rotatable bonds is 6. The molecule has 2 rings (SSSR count). The number of nitrogens with one attached hydrogen (secondary N) is 2. The van der Waals surface area contributed by atoms with Crippen molar-refractivity contribution in [1.29, 1.82) is 0 Å². The van der Waals surface area contributed by atoms with Crippen molar-refractivity contribution in [3.63, 3.8) is 0 Å². The van der Waals surface area contributed by atoms with Crippen molar-refractivity contribution >= 4 is 23.2 Å². The number of carbonyl (C=O) groups is 1. The van der Waals surface area contributed by atoms with E-state index >= 15 is 0 Å². The second-order valence-electron chi connectivity index (χ2n) is 5.68. The maximum Gasteiger partial charge on any atom is 0.228 e. The smallest absolute Gasteiger partial charge is 0.228 e. The molecule has 0 spiro atoms. The van der Waals surface area contributed by atoms with Gasteiger partial charge in [-0.15, -0.1) is 10.2 Å². The van der Waals surface area contributed by atoms with Crippen LogP contribution >= 0.6 is 0 Å². The molecule has 0 unspecified atom stereocenters. The van der Waals surface area contributed by atoms with Gasteiger partial charge in [-0.2, -0.15) is 0 Å². The molecule has 1 aromatic carbocycles. The van der Waals surface area contributed by atoms with Gasteiger partial charge in [-0.05, 0) is 56.0 Å².